The highest BCUT2D eigenvalue weighted by molar-refractivity contribution is 6.33. The van der Waals surface area contributed by atoms with Crippen LogP contribution in [0.3, 0.4) is 0 Å². The highest BCUT2D eigenvalue weighted by Crippen LogP contribution is 2.41. The van der Waals surface area contributed by atoms with Crippen LogP contribution >= 0.6 is 11.6 Å². The molecule has 204 valence electrons. The number of fused-ring (bicyclic) bond motifs is 3. The molecular weight excluding hydrogens is 531 g/mol. The molecule has 3 aliphatic heterocycles. The number of pyridine rings is 2. The van der Waals surface area contributed by atoms with Crippen LogP contribution in [0.5, 0.6) is 0 Å². The Kier molecular flexibility index (Phi) is 6.41. The van der Waals surface area contributed by atoms with Crippen molar-refractivity contribution >= 4 is 34.4 Å². The summed E-state index contributed by atoms with van der Waals surface area (Å²) in [5, 5.41) is 0.813. The molecule has 0 spiro atoms. The molecule has 10 heteroatoms. The van der Waals surface area contributed by atoms with Gasteiger partial charge in [-0.25, -0.2) is 18.7 Å². The molecule has 3 saturated heterocycles. The Hall–Kier alpha value is -4.11. The summed E-state index contributed by atoms with van der Waals surface area (Å²) in [6, 6.07) is 9.81. The third-order valence-corrected chi connectivity index (χ3v) is 8.07. The zero-order valence-corrected chi connectivity index (χ0v) is 23.2. The van der Waals surface area contributed by atoms with Gasteiger partial charge in [0.25, 0.3) is 0 Å². The lowest BCUT2D eigenvalue weighted by Crippen LogP contribution is -2.70. The summed E-state index contributed by atoms with van der Waals surface area (Å²) >= 11 is 6.76. The Morgan fingerprint density at radius 1 is 1.18 bits per heavy atom. The monoisotopic (exact) mass is 558 g/mol. The van der Waals surface area contributed by atoms with Gasteiger partial charge in [-0.3, -0.25) is 9.78 Å². The van der Waals surface area contributed by atoms with E-state index in [1.165, 1.54) is 16.7 Å². The number of aromatic nitrogens is 4. The predicted molar refractivity (Wildman–Crippen MR) is 154 cm³/mol. The molecule has 2 atom stereocenters. The number of piperazine rings is 1. The highest BCUT2D eigenvalue weighted by atomic mass is 35.5. The van der Waals surface area contributed by atoms with Crippen molar-refractivity contribution in [3.63, 3.8) is 0 Å². The number of carbonyl (C=O) groups is 1. The molecule has 0 radical (unpaired) electrons. The topological polar surface area (TPSA) is 84.2 Å². The molecule has 0 saturated carbocycles. The van der Waals surface area contributed by atoms with Gasteiger partial charge in [0.1, 0.15) is 11.6 Å². The summed E-state index contributed by atoms with van der Waals surface area (Å²) in [4.78, 5) is 44.1. The van der Waals surface area contributed by atoms with Crippen LogP contribution in [0, 0.1) is 12.7 Å². The third kappa shape index (κ3) is 4.07. The second kappa shape index (κ2) is 9.82. The van der Waals surface area contributed by atoms with Gasteiger partial charge >= 0.3 is 5.69 Å². The van der Waals surface area contributed by atoms with Crippen LogP contribution in [0.25, 0.3) is 28.0 Å². The van der Waals surface area contributed by atoms with Crippen molar-refractivity contribution in [2.24, 2.45) is 0 Å². The third-order valence-electron chi connectivity index (χ3n) is 7.78. The van der Waals surface area contributed by atoms with Crippen LogP contribution in [0.4, 0.5) is 10.2 Å². The molecule has 8 nitrogen and oxygen atoms in total. The van der Waals surface area contributed by atoms with Crippen LogP contribution in [0.1, 0.15) is 37.4 Å². The van der Waals surface area contributed by atoms with Crippen molar-refractivity contribution in [1.29, 1.82) is 0 Å². The van der Waals surface area contributed by atoms with Crippen LogP contribution in [0.2, 0.25) is 5.02 Å². The number of halogens is 2. The summed E-state index contributed by atoms with van der Waals surface area (Å²) in [5.74, 6) is -0.109. The lowest BCUT2D eigenvalue weighted by atomic mass is 9.87. The molecule has 3 aromatic heterocycles. The number of aryl methyl sites for hydroxylation is 1. The lowest BCUT2D eigenvalue weighted by molar-refractivity contribution is -0.128. The zero-order valence-electron chi connectivity index (χ0n) is 22.4. The maximum atomic E-state index is 14.9. The van der Waals surface area contributed by atoms with Crippen LogP contribution in [-0.2, 0) is 4.79 Å². The van der Waals surface area contributed by atoms with Crippen LogP contribution < -0.4 is 10.6 Å². The minimum Gasteiger partial charge on any atom is -0.346 e. The first-order chi connectivity index (χ1) is 19.2. The second-order valence-corrected chi connectivity index (χ2v) is 11.0. The number of carbonyl (C=O) groups excluding carboxylic acids is 1. The van der Waals surface area contributed by atoms with E-state index in [4.69, 9.17) is 16.6 Å². The first-order valence-electron chi connectivity index (χ1n) is 13.2. The second-order valence-electron chi connectivity index (χ2n) is 10.6. The molecule has 0 aliphatic carbocycles. The van der Waals surface area contributed by atoms with E-state index in [2.05, 4.69) is 21.4 Å². The van der Waals surface area contributed by atoms with Gasteiger partial charge in [0.2, 0.25) is 5.91 Å². The van der Waals surface area contributed by atoms with Crippen LogP contribution in [0.15, 0.2) is 60.0 Å². The van der Waals surface area contributed by atoms with Gasteiger partial charge in [0.05, 0.1) is 39.6 Å². The molecule has 3 fully saturated rings. The molecule has 3 aliphatic rings. The van der Waals surface area contributed by atoms with E-state index in [-0.39, 0.29) is 40.2 Å². The van der Waals surface area contributed by atoms with Crippen molar-refractivity contribution in [2.45, 2.75) is 45.2 Å². The Balaban J connectivity index is 1.62. The van der Waals surface area contributed by atoms with Gasteiger partial charge in [-0.15, -0.1) is 0 Å². The van der Waals surface area contributed by atoms with E-state index in [0.29, 0.717) is 35.6 Å². The Bertz CT molecular complexity index is 1740. The summed E-state index contributed by atoms with van der Waals surface area (Å²) in [5.41, 5.74) is 2.43. The van der Waals surface area contributed by atoms with Crippen molar-refractivity contribution in [3.8, 4) is 16.9 Å². The number of benzene rings is 1. The smallest absolute Gasteiger partial charge is 0.346 e. The normalized spacial score (nSPS) is 18.2. The molecule has 0 N–H and O–H groups in total. The van der Waals surface area contributed by atoms with Crippen molar-refractivity contribution in [3.05, 3.63) is 87.8 Å². The van der Waals surface area contributed by atoms with Gasteiger partial charge in [-0.05, 0) is 55.2 Å². The van der Waals surface area contributed by atoms with Gasteiger partial charge in [-0.2, -0.15) is 4.98 Å². The molecule has 7 rings (SSSR count). The Morgan fingerprint density at radius 2 is 1.90 bits per heavy atom. The van der Waals surface area contributed by atoms with Crippen molar-refractivity contribution in [1.82, 2.24) is 24.4 Å². The van der Waals surface area contributed by atoms with Gasteiger partial charge in [0.15, 0.2) is 5.65 Å². The van der Waals surface area contributed by atoms with Gasteiger partial charge < -0.3 is 9.80 Å². The average Bonchev–Trinajstić information content (AvgIpc) is 2.93. The summed E-state index contributed by atoms with van der Waals surface area (Å²) in [6.45, 7) is 10.5. The fraction of sp³-hybridized carbons (Fsp3) is 0.300. The fourth-order valence-corrected chi connectivity index (χ4v) is 6.15. The van der Waals surface area contributed by atoms with E-state index in [9.17, 15) is 14.0 Å². The van der Waals surface area contributed by atoms with Crippen LogP contribution in [-0.4, -0.2) is 55.5 Å². The number of amides is 1. The fourth-order valence-electron chi connectivity index (χ4n) is 5.90. The average molecular weight is 559 g/mol. The molecule has 4 aromatic rings. The Morgan fingerprint density at radius 3 is 2.58 bits per heavy atom. The molecule has 2 bridgehead atoms. The lowest BCUT2D eigenvalue weighted by Gasteiger charge is -2.56. The molecule has 1 aromatic carbocycles. The summed E-state index contributed by atoms with van der Waals surface area (Å²) in [7, 11) is 0. The number of anilines is 1. The van der Waals surface area contributed by atoms with Gasteiger partial charge in [0, 0.05) is 24.8 Å². The van der Waals surface area contributed by atoms with E-state index in [1.807, 2.05) is 26.8 Å². The summed E-state index contributed by atoms with van der Waals surface area (Å²) in [6.07, 6.45) is 3.91. The maximum absolute atomic E-state index is 14.9. The number of nitrogens with zero attached hydrogens (tertiary/aromatic N) is 6. The largest absolute Gasteiger partial charge is 0.355 e. The highest BCUT2D eigenvalue weighted by Gasteiger charge is 2.47. The van der Waals surface area contributed by atoms with E-state index in [0.717, 1.165) is 17.7 Å². The van der Waals surface area contributed by atoms with E-state index in [1.54, 1.807) is 35.4 Å². The number of rotatable bonds is 5. The zero-order chi connectivity index (χ0) is 28.3. The number of piperidine rings is 1. The van der Waals surface area contributed by atoms with E-state index < -0.39 is 11.5 Å². The SMILES string of the molecule is C=CC(=O)N1CC2CC(C1)N2c1nc(=O)n(-c2c(C)ccnc2C(C)C)c2nc(-c3ccccc3F)c(Cl)cc12. The molecule has 1 amide bonds. The molecule has 6 heterocycles. The van der Waals surface area contributed by atoms with E-state index >= 15 is 0 Å². The van der Waals surface area contributed by atoms with Crippen molar-refractivity contribution < 1.29 is 9.18 Å². The molecule has 2 unspecified atom stereocenters. The quantitative estimate of drug-likeness (QED) is 0.319. The first kappa shape index (κ1) is 26.1. The van der Waals surface area contributed by atoms with Gasteiger partial charge in [-0.1, -0.05) is 44.2 Å². The summed E-state index contributed by atoms with van der Waals surface area (Å²) < 4.78 is 16.4. The molecular formula is C30H28ClFN6O2. The predicted octanol–water partition coefficient (Wildman–Crippen LogP) is 5.04. The molecule has 40 heavy (non-hydrogen) atoms. The minimum atomic E-state index is -0.515. The number of hydrogen-bond donors (Lipinski definition) is 0. The number of hydrogen-bond acceptors (Lipinski definition) is 6. The Labute approximate surface area is 235 Å². The first-order valence-corrected chi connectivity index (χ1v) is 13.6. The van der Waals surface area contributed by atoms with Crippen molar-refractivity contribution in [2.75, 3.05) is 18.0 Å². The standard InChI is InChI=1S/C30H28ClFN6O2/c1-5-24(39)36-14-18-12-19(15-36)37(18)29-21-13-22(31)26(20-8-6-7-9-23(20)32)34-28(21)38(30(40)35-29)27-17(4)10-11-33-25(27)16(2)3/h5-11,13,16,18-19H,1,12,14-15H2,2-4H3. The minimum absolute atomic E-state index is 0.00928. The maximum Gasteiger partial charge on any atom is 0.355 e.